The first kappa shape index (κ1) is 18.6. The van der Waals surface area contributed by atoms with E-state index in [1.165, 1.54) is 96.3 Å². The monoisotopic (exact) mass is 349 g/mol. The molecule has 3 N–H and O–H groups in total. The van der Waals surface area contributed by atoms with E-state index < -0.39 is 8.56 Å². The molecule has 3 aliphatic carbocycles. The highest BCUT2D eigenvalue weighted by atomic mass is 28.4. The van der Waals surface area contributed by atoms with Crippen LogP contribution in [0.5, 0.6) is 0 Å². The first-order chi connectivity index (χ1) is 11.8. The second-order valence-corrected chi connectivity index (χ2v) is 11.3. The van der Waals surface area contributed by atoms with Crippen LogP contribution in [-0.2, 0) is 0 Å². The molecule has 0 aromatic heterocycles. The lowest BCUT2D eigenvalue weighted by Gasteiger charge is -2.42. The summed E-state index contributed by atoms with van der Waals surface area (Å²) in [5.74, 6) is 0. The third-order valence-electron chi connectivity index (χ3n) is 6.42. The van der Waals surface area contributed by atoms with Crippen LogP contribution in [0.15, 0.2) is 12.3 Å². The molecule has 0 spiro atoms. The van der Waals surface area contributed by atoms with Gasteiger partial charge in [0.1, 0.15) is 0 Å². The molecule has 0 aromatic rings. The lowest BCUT2D eigenvalue weighted by molar-refractivity contribution is 0.369. The highest BCUT2D eigenvalue weighted by Crippen LogP contribution is 2.23. The normalized spacial score (nSPS) is 25.7. The molecule has 3 rings (SSSR count). The van der Waals surface area contributed by atoms with Crippen LogP contribution in [0.2, 0.25) is 0 Å². The number of rotatable bonds is 7. The molecular formula is C20H39N3Si. The van der Waals surface area contributed by atoms with Gasteiger partial charge in [-0.25, -0.2) is 0 Å². The van der Waals surface area contributed by atoms with E-state index in [4.69, 9.17) is 0 Å². The van der Waals surface area contributed by atoms with Crippen molar-refractivity contribution < 1.29 is 0 Å². The topological polar surface area (TPSA) is 36.1 Å². The van der Waals surface area contributed by atoms with E-state index in [2.05, 4.69) is 27.2 Å². The van der Waals surface area contributed by atoms with Crippen LogP contribution in [0.25, 0.3) is 0 Å². The Morgan fingerprint density at radius 3 is 1.08 bits per heavy atom. The minimum absolute atomic E-state index is 0.690. The molecule has 0 saturated heterocycles. The lowest BCUT2D eigenvalue weighted by Crippen LogP contribution is -2.76. The molecule has 138 valence electrons. The summed E-state index contributed by atoms with van der Waals surface area (Å²) in [7, 11) is -2.02. The maximum atomic E-state index is 4.30. The zero-order valence-electron chi connectivity index (χ0n) is 15.6. The highest BCUT2D eigenvalue weighted by molar-refractivity contribution is 6.77. The molecule has 24 heavy (non-hydrogen) atoms. The van der Waals surface area contributed by atoms with Crippen LogP contribution >= 0.6 is 0 Å². The molecule has 0 unspecified atom stereocenters. The largest absolute Gasteiger partial charge is 0.307 e. The van der Waals surface area contributed by atoms with Gasteiger partial charge >= 0.3 is 8.56 Å². The first-order valence-corrected chi connectivity index (χ1v) is 12.8. The molecule has 3 nitrogen and oxygen atoms in total. The summed E-state index contributed by atoms with van der Waals surface area (Å²) < 4.78 is 0. The molecule has 4 heteroatoms. The van der Waals surface area contributed by atoms with Crippen LogP contribution in [-0.4, -0.2) is 26.7 Å². The Morgan fingerprint density at radius 2 is 0.833 bits per heavy atom. The summed E-state index contributed by atoms with van der Waals surface area (Å²) in [4.78, 5) is 12.3. The molecule has 0 atom stereocenters. The van der Waals surface area contributed by atoms with Gasteiger partial charge in [-0.3, -0.25) is 0 Å². The Balaban J connectivity index is 1.66. The minimum atomic E-state index is -2.02. The summed E-state index contributed by atoms with van der Waals surface area (Å²) in [6, 6.07) is 2.07. The van der Waals surface area contributed by atoms with Crippen LogP contribution in [0, 0.1) is 0 Å². The van der Waals surface area contributed by atoms with Crippen molar-refractivity contribution in [2.45, 2.75) is 114 Å². The van der Waals surface area contributed by atoms with E-state index in [0.29, 0.717) is 18.1 Å². The molecule has 0 amide bonds. The third-order valence-corrected chi connectivity index (χ3v) is 9.62. The summed E-state index contributed by atoms with van der Waals surface area (Å²) in [6.45, 7) is 4.30. The molecule has 0 heterocycles. The molecule has 0 aromatic carbocycles. The number of hydrogen-bond acceptors (Lipinski definition) is 3. The summed E-state index contributed by atoms with van der Waals surface area (Å²) in [6.07, 6.45) is 20.7. The van der Waals surface area contributed by atoms with Crippen molar-refractivity contribution in [2.24, 2.45) is 0 Å². The molecule has 3 saturated carbocycles. The van der Waals surface area contributed by atoms with Gasteiger partial charge < -0.3 is 14.9 Å². The Kier molecular flexibility index (Phi) is 7.38. The average molecular weight is 350 g/mol. The summed E-state index contributed by atoms with van der Waals surface area (Å²) >= 11 is 0. The second kappa shape index (κ2) is 9.51. The summed E-state index contributed by atoms with van der Waals surface area (Å²) in [5.41, 5.74) is 2.27. The standard InChI is InChI=1S/C20H39N3Si/c1-2-24(21-18-12-6-3-7-13-18,22-19-14-8-4-9-15-19)23-20-16-10-5-11-17-20/h2,18-23H,1,3-17H2. The van der Waals surface area contributed by atoms with Gasteiger partial charge in [0.05, 0.1) is 0 Å². The van der Waals surface area contributed by atoms with Gasteiger partial charge in [0.2, 0.25) is 0 Å². The fourth-order valence-corrected chi connectivity index (χ4v) is 8.41. The maximum absolute atomic E-state index is 4.30. The van der Waals surface area contributed by atoms with Crippen molar-refractivity contribution in [3.8, 4) is 0 Å². The average Bonchev–Trinajstić information content (AvgIpc) is 2.64. The van der Waals surface area contributed by atoms with Crippen molar-refractivity contribution in [1.82, 2.24) is 14.9 Å². The van der Waals surface area contributed by atoms with Crippen molar-refractivity contribution in [2.75, 3.05) is 0 Å². The van der Waals surface area contributed by atoms with Gasteiger partial charge in [-0.05, 0) is 38.5 Å². The maximum Gasteiger partial charge on any atom is 0.307 e. The van der Waals surface area contributed by atoms with Crippen LogP contribution in [0.1, 0.15) is 96.3 Å². The molecule has 3 fully saturated rings. The van der Waals surface area contributed by atoms with Crippen LogP contribution in [0.4, 0.5) is 0 Å². The molecular weight excluding hydrogens is 310 g/mol. The van der Waals surface area contributed by atoms with E-state index in [0.717, 1.165) is 0 Å². The fourth-order valence-electron chi connectivity index (χ4n) is 5.01. The van der Waals surface area contributed by atoms with Gasteiger partial charge in [-0.2, -0.15) is 0 Å². The van der Waals surface area contributed by atoms with Gasteiger partial charge in [-0.15, -0.1) is 6.58 Å². The summed E-state index contributed by atoms with van der Waals surface area (Å²) in [5, 5.41) is 0. The van der Waals surface area contributed by atoms with Crippen molar-refractivity contribution in [3.63, 3.8) is 0 Å². The number of nitrogens with one attached hydrogen (secondary N) is 3. The predicted octanol–water partition coefficient (Wildman–Crippen LogP) is 4.42. The van der Waals surface area contributed by atoms with E-state index in [1.54, 1.807) is 0 Å². The zero-order chi connectivity index (χ0) is 16.7. The lowest BCUT2D eigenvalue weighted by atomic mass is 9.96. The minimum Gasteiger partial charge on any atom is -0.307 e. The molecule has 0 aliphatic heterocycles. The van der Waals surface area contributed by atoms with Crippen LogP contribution < -0.4 is 14.9 Å². The Morgan fingerprint density at radius 1 is 0.542 bits per heavy atom. The fraction of sp³-hybridized carbons (Fsp3) is 0.900. The Bertz CT molecular complexity index is 319. The van der Waals surface area contributed by atoms with E-state index >= 15 is 0 Å². The van der Waals surface area contributed by atoms with Crippen molar-refractivity contribution in [3.05, 3.63) is 12.3 Å². The molecule has 3 aliphatic rings. The first-order valence-electron chi connectivity index (χ1n) is 10.8. The second-order valence-electron chi connectivity index (χ2n) is 8.45. The predicted molar refractivity (Wildman–Crippen MR) is 106 cm³/mol. The van der Waals surface area contributed by atoms with Gasteiger partial charge in [-0.1, -0.05) is 63.5 Å². The smallest absolute Gasteiger partial charge is 0.307 e. The third kappa shape index (κ3) is 5.42. The van der Waals surface area contributed by atoms with E-state index in [-0.39, 0.29) is 0 Å². The van der Waals surface area contributed by atoms with Gasteiger partial charge in [0.15, 0.2) is 0 Å². The molecule has 0 radical (unpaired) electrons. The quantitative estimate of drug-likeness (QED) is 0.596. The highest BCUT2D eigenvalue weighted by Gasteiger charge is 2.38. The van der Waals surface area contributed by atoms with E-state index in [1.807, 2.05) is 0 Å². The van der Waals surface area contributed by atoms with Gasteiger partial charge in [0, 0.05) is 18.1 Å². The van der Waals surface area contributed by atoms with Gasteiger partial charge in [0.25, 0.3) is 0 Å². The SMILES string of the molecule is C=C[Si](NC1CCCCC1)(NC1CCCCC1)NC1CCCCC1. The van der Waals surface area contributed by atoms with E-state index in [9.17, 15) is 0 Å². The Labute approximate surface area is 150 Å². The van der Waals surface area contributed by atoms with Crippen LogP contribution in [0.3, 0.4) is 0 Å². The number of hydrogen-bond donors (Lipinski definition) is 3. The molecule has 0 bridgehead atoms. The Hall–Kier alpha value is -0.163. The van der Waals surface area contributed by atoms with Crippen molar-refractivity contribution in [1.29, 1.82) is 0 Å². The van der Waals surface area contributed by atoms with Crippen molar-refractivity contribution >= 4 is 8.56 Å². The zero-order valence-corrected chi connectivity index (χ0v) is 16.6.